The highest BCUT2D eigenvalue weighted by Gasteiger charge is 2.33. The summed E-state index contributed by atoms with van der Waals surface area (Å²) < 4.78 is 6.13. The average molecular weight is 382 g/mol. The molecule has 0 amide bonds. The molecule has 2 aromatic rings. The lowest BCUT2D eigenvalue weighted by Gasteiger charge is -2.33. The summed E-state index contributed by atoms with van der Waals surface area (Å²) in [5.41, 5.74) is 1.31. The maximum atomic E-state index is 6.13. The van der Waals surface area contributed by atoms with Gasteiger partial charge >= 0.3 is 0 Å². The summed E-state index contributed by atoms with van der Waals surface area (Å²) >= 11 is 3.37. The molecule has 1 aliphatic heterocycles. The molecular formula is C18H29N4OS2+. The molecule has 5 nitrogen and oxygen atoms in total. The van der Waals surface area contributed by atoms with Gasteiger partial charge < -0.3 is 15.0 Å². The van der Waals surface area contributed by atoms with E-state index in [0.717, 1.165) is 48.2 Å². The average Bonchev–Trinajstić information content (AvgIpc) is 2.95. The van der Waals surface area contributed by atoms with Crippen molar-refractivity contribution >= 4 is 39.1 Å². The second kappa shape index (κ2) is 7.78. The third-order valence-corrected chi connectivity index (χ3v) is 6.54. The zero-order valence-corrected chi connectivity index (χ0v) is 17.5. The van der Waals surface area contributed by atoms with Gasteiger partial charge in [0.05, 0.1) is 38.2 Å². The molecule has 0 aromatic carbocycles. The van der Waals surface area contributed by atoms with Crippen molar-refractivity contribution in [2.24, 2.45) is 0 Å². The molecule has 25 heavy (non-hydrogen) atoms. The normalized spacial score (nSPS) is 20.2. The maximum Gasteiger partial charge on any atom is 0.190 e. The molecule has 0 spiro atoms. The lowest BCUT2D eigenvalue weighted by Crippen LogP contribution is -3.05. The monoisotopic (exact) mass is 381 g/mol. The first-order valence-electron chi connectivity index (χ1n) is 8.99. The third kappa shape index (κ3) is 4.10. The van der Waals surface area contributed by atoms with Crippen LogP contribution in [0, 0.1) is 0 Å². The minimum Gasteiger partial charge on any atom is -0.369 e. The van der Waals surface area contributed by atoms with Crippen LogP contribution in [0.25, 0.3) is 10.2 Å². The molecule has 0 radical (unpaired) electrons. The largest absolute Gasteiger partial charge is 0.369 e. The summed E-state index contributed by atoms with van der Waals surface area (Å²) in [6.45, 7) is 7.20. The number of quaternary nitrogens is 1. The van der Waals surface area contributed by atoms with Crippen molar-refractivity contribution in [3.63, 3.8) is 0 Å². The molecule has 2 N–H and O–H groups in total. The van der Waals surface area contributed by atoms with Crippen LogP contribution >= 0.6 is 23.1 Å². The number of thiophene rings is 1. The van der Waals surface area contributed by atoms with Gasteiger partial charge in [-0.25, -0.2) is 9.97 Å². The molecule has 2 aromatic heterocycles. The van der Waals surface area contributed by atoms with Crippen LogP contribution in [-0.2, 0) is 17.8 Å². The van der Waals surface area contributed by atoms with Gasteiger partial charge in [-0.1, -0.05) is 18.7 Å². The van der Waals surface area contributed by atoms with Crippen LogP contribution in [0.4, 0.5) is 5.82 Å². The number of fused-ring (bicyclic) bond motifs is 3. The van der Waals surface area contributed by atoms with Gasteiger partial charge in [-0.15, -0.1) is 11.3 Å². The first-order chi connectivity index (χ1) is 12.0. The van der Waals surface area contributed by atoms with E-state index in [-0.39, 0.29) is 5.60 Å². The number of anilines is 1. The fraction of sp³-hybridized carbons (Fsp3) is 0.667. The molecule has 0 aliphatic carbocycles. The summed E-state index contributed by atoms with van der Waals surface area (Å²) in [6.07, 6.45) is 5.12. The Bertz CT molecular complexity index is 746. The van der Waals surface area contributed by atoms with E-state index < -0.39 is 0 Å². The van der Waals surface area contributed by atoms with E-state index in [2.05, 4.69) is 33.3 Å². The molecule has 0 unspecified atom stereocenters. The van der Waals surface area contributed by atoms with Crippen molar-refractivity contribution in [1.82, 2.24) is 9.97 Å². The van der Waals surface area contributed by atoms with Gasteiger partial charge in [0.25, 0.3) is 0 Å². The number of nitrogens with zero attached hydrogens (tertiary/aromatic N) is 2. The highest BCUT2D eigenvalue weighted by atomic mass is 32.2. The molecule has 7 heteroatoms. The van der Waals surface area contributed by atoms with Crippen molar-refractivity contribution < 1.29 is 9.64 Å². The number of nitrogens with one attached hydrogen (secondary N) is 2. The zero-order chi connectivity index (χ0) is 18.0. The predicted molar refractivity (Wildman–Crippen MR) is 107 cm³/mol. The standard InChI is InChI=1S/C18H28N4OS2/c1-6-18(2)10-12-13(11-23-18)25-16-14(12)15(20-17(21-16)24-5)19-8-7-9-22(3)4/h6-11H2,1-5H3,(H,19,20,21)/p+1/t18-/m0/s1. The van der Waals surface area contributed by atoms with Gasteiger partial charge in [0, 0.05) is 24.3 Å². The zero-order valence-electron chi connectivity index (χ0n) is 15.9. The van der Waals surface area contributed by atoms with Gasteiger partial charge in [-0.3, -0.25) is 0 Å². The van der Waals surface area contributed by atoms with Gasteiger partial charge in [-0.2, -0.15) is 0 Å². The minimum absolute atomic E-state index is 0.0786. The Hall–Kier alpha value is -0.890. The quantitative estimate of drug-likeness (QED) is 0.439. The van der Waals surface area contributed by atoms with Crippen LogP contribution in [0.1, 0.15) is 37.1 Å². The summed E-state index contributed by atoms with van der Waals surface area (Å²) in [6, 6.07) is 0. The molecule has 138 valence electrons. The topological polar surface area (TPSA) is 51.5 Å². The SMILES string of the molecule is CC[C@@]1(C)Cc2c(sc3nc(SC)nc(NCCC[NH+](C)C)c23)CO1. The van der Waals surface area contributed by atoms with E-state index >= 15 is 0 Å². The Morgan fingerprint density at radius 1 is 1.36 bits per heavy atom. The number of rotatable bonds is 7. The van der Waals surface area contributed by atoms with Crippen LogP contribution < -0.4 is 10.2 Å². The second-order valence-corrected chi connectivity index (χ2v) is 9.11. The van der Waals surface area contributed by atoms with Crippen molar-refractivity contribution in [3.05, 3.63) is 10.4 Å². The van der Waals surface area contributed by atoms with Crippen LogP contribution in [0.15, 0.2) is 5.16 Å². The summed E-state index contributed by atoms with van der Waals surface area (Å²) in [7, 11) is 4.38. The number of hydrogen-bond donors (Lipinski definition) is 2. The van der Waals surface area contributed by atoms with Gasteiger partial charge in [0.15, 0.2) is 5.16 Å². The molecule has 0 bridgehead atoms. The molecular weight excluding hydrogens is 352 g/mol. The maximum absolute atomic E-state index is 6.13. The minimum atomic E-state index is -0.0786. The van der Waals surface area contributed by atoms with Gasteiger partial charge in [0.2, 0.25) is 0 Å². The summed E-state index contributed by atoms with van der Waals surface area (Å²) in [5, 5.41) is 5.65. The van der Waals surface area contributed by atoms with Gasteiger partial charge in [0.1, 0.15) is 10.6 Å². The molecule has 3 heterocycles. The van der Waals surface area contributed by atoms with Crippen molar-refractivity contribution in [3.8, 4) is 0 Å². The fourth-order valence-electron chi connectivity index (χ4n) is 3.15. The molecule has 0 saturated carbocycles. The van der Waals surface area contributed by atoms with Crippen LogP contribution in [0.5, 0.6) is 0 Å². The Kier molecular flexibility index (Phi) is 5.88. The first kappa shape index (κ1) is 18.9. The third-order valence-electron chi connectivity index (χ3n) is 4.89. The van der Waals surface area contributed by atoms with Crippen molar-refractivity contribution in [2.75, 3.05) is 38.8 Å². The Morgan fingerprint density at radius 2 is 2.16 bits per heavy atom. The molecule has 3 rings (SSSR count). The van der Waals surface area contributed by atoms with E-state index in [0.29, 0.717) is 6.61 Å². The molecule has 0 saturated heterocycles. The van der Waals surface area contributed by atoms with E-state index in [4.69, 9.17) is 14.7 Å². The smallest absolute Gasteiger partial charge is 0.190 e. The number of hydrogen-bond acceptors (Lipinski definition) is 6. The highest BCUT2D eigenvalue weighted by molar-refractivity contribution is 7.98. The number of thioether (sulfide) groups is 1. The number of aromatic nitrogens is 2. The predicted octanol–water partition coefficient (Wildman–Crippen LogP) is 2.60. The Balaban J connectivity index is 1.95. The van der Waals surface area contributed by atoms with E-state index in [9.17, 15) is 0 Å². The van der Waals surface area contributed by atoms with E-state index in [1.165, 1.54) is 20.7 Å². The lowest BCUT2D eigenvalue weighted by atomic mass is 9.90. The lowest BCUT2D eigenvalue weighted by molar-refractivity contribution is -0.858. The molecule has 0 fully saturated rings. The highest BCUT2D eigenvalue weighted by Crippen LogP contribution is 2.42. The van der Waals surface area contributed by atoms with E-state index in [1.807, 2.05) is 6.26 Å². The van der Waals surface area contributed by atoms with Crippen molar-refractivity contribution in [2.45, 2.75) is 50.5 Å². The number of ether oxygens (including phenoxy) is 1. The van der Waals surface area contributed by atoms with Crippen LogP contribution in [0.2, 0.25) is 0 Å². The van der Waals surface area contributed by atoms with Crippen molar-refractivity contribution in [1.29, 1.82) is 0 Å². The van der Waals surface area contributed by atoms with Crippen LogP contribution in [0.3, 0.4) is 0 Å². The Morgan fingerprint density at radius 3 is 2.84 bits per heavy atom. The first-order valence-corrected chi connectivity index (χ1v) is 11.0. The molecule has 1 aliphatic rings. The van der Waals surface area contributed by atoms with E-state index in [1.54, 1.807) is 23.1 Å². The summed E-state index contributed by atoms with van der Waals surface area (Å²) in [5.74, 6) is 1.00. The van der Waals surface area contributed by atoms with Gasteiger partial charge in [-0.05, 0) is 25.2 Å². The van der Waals surface area contributed by atoms with Crippen LogP contribution in [-0.4, -0.2) is 49.0 Å². The second-order valence-electron chi connectivity index (χ2n) is 7.25. The summed E-state index contributed by atoms with van der Waals surface area (Å²) in [4.78, 5) is 13.4. The fourth-order valence-corrected chi connectivity index (χ4v) is 4.67. The molecule has 1 atom stereocenters. The Labute approximate surface area is 158 Å².